The zero-order chi connectivity index (χ0) is 10.7. The highest BCUT2D eigenvalue weighted by Gasteiger charge is 2.22. The van der Waals surface area contributed by atoms with Crippen LogP contribution >= 0.6 is 12.4 Å². The van der Waals surface area contributed by atoms with Gasteiger partial charge in [0.05, 0.1) is 7.11 Å². The van der Waals surface area contributed by atoms with E-state index in [9.17, 15) is 0 Å². The first-order valence-corrected chi connectivity index (χ1v) is 5.69. The number of nitrogens with two attached hydrogens (primary N) is 1. The molecule has 0 aliphatic heterocycles. The molecule has 0 saturated heterocycles. The Balaban J connectivity index is 0.00000128. The van der Waals surface area contributed by atoms with Crippen molar-refractivity contribution in [2.45, 2.75) is 37.6 Å². The second-order valence-electron chi connectivity index (χ2n) is 4.37. The van der Waals surface area contributed by atoms with Crippen LogP contribution in [0.15, 0.2) is 24.3 Å². The second kappa shape index (κ2) is 6.12. The molecule has 1 saturated carbocycles. The van der Waals surface area contributed by atoms with E-state index in [1.54, 1.807) is 7.11 Å². The molecule has 1 aliphatic carbocycles. The molecule has 1 aromatic carbocycles. The molecule has 0 unspecified atom stereocenters. The number of hydrogen-bond donors (Lipinski definition) is 1. The van der Waals surface area contributed by atoms with E-state index in [1.165, 1.54) is 24.8 Å². The fourth-order valence-electron chi connectivity index (χ4n) is 2.51. The lowest BCUT2D eigenvalue weighted by Crippen LogP contribution is -2.26. The van der Waals surface area contributed by atoms with Crippen LogP contribution in [-0.2, 0) is 0 Å². The summed E-state index contributed by atoms with van der Waals surface area (Å²) in [6.07, 6.45) is 4.75. The smallest absolute Gasteiger partial charge is 0.122 e. The number of benzene rings is 1. The fraction of sp³-hybridized carbons (Fsp3) is 0.538. The van der Waals surface area contributed by atoms with Crippen LogP contribution in [0.4, 0.5) is 0 Å². The molecular weight excluding hydrogens is 222 g/mol. The van der Waals surface area contributed by atoms with Crippen LogP contribution in [0, 0.1) is 0 Å². The van der Waals surface area contributed by atoms with Gasteiger partial charge in [-0.05, 0) is 36.8 Å². The highest BCUT2D eigenvalue weighted by atomic mass is 35.5. The first-order valence-electron chi connectivity index (χ1n) is 5.69. The first-order chi connectivity index (χ1) is 7.31. The van der Waals surface area contributed by atoms with E-state index >= 15 is 0 Å². The van der Waals surface area contributed by atoms with E-state index in [-0.39, 0.29) is 12.4 Å². The van der Waals surface area contributed by atoms with Gasteiger partial charge in [-0.25, -0.2) is 0 Å². The summed E-state index contributed by atoms with van der Waals surface area (Å²) in [5, 5.41) is 0. The first kappa shape index (κ1) is 13.3. The van der Waals surface area contributed by atoms with Crippen LogP contribution in [0.2, 0.25) is 0 Å². The van der Waals surface area contributed by atoms with Crippen molar-refractivity contribution in [2.75, 3.05) is 7.11 Å². The molecule has 1 aliphatic rings. The molecule has 0 spiro atoms. The molecule has 16 heavy (non-hydrogen) atoms. The van der Waals surface area contributed by atoms with Crippen LogP contribution in [0.25, 0.3) is 0 Å². The molecule has 1 aromatic rings. The summed E-state index contributed by atoms with van der Waals surface area (Å²) < 4.78 is 5.39. The standard InChI is InChI=1S/C13H19NO.ClH/c1-15-13-8-3-2-7-12(13)10-5-4-6-11(14)9-10;/h2-3,7-8,10-11H,4-6,9,14H2,1H3;1H/t10-,11-;/m1./s1. The Labute approximate surface area is 104 Å². The maximum atomic E-state index is 6.01. The second-order valence-corrected chi connectivity index (χ2v) is 4.37. The third kappa shape index (κ3) is 2.89. The zero-order valence-electron chi connectivity index (χ0n) is 9.69. The van der Waals surface area contributed by atoms with Crippen molar-refractivity contribution in [1.82, 2.24) is 0 Å². The van der Waals surface area contributed by atoms with Gasteiger partial charge in [-0.1, -0.05) is 24.6 Å². The summed E-state index contributed by atoms with van der Waals surface area (Å²) >= 11 is 0. The van der Waals surface area contributed by atoms with Gasteiger partial charge in [0.25, 0.3) is 0 Å². The Morgan fingerprint density at radius 3 is 2.69 bits per heavy atom. The number of halogens is 1. The maximum absolute atomic E-state index is 6.01. The number of rotatable bonds is 2. The average molecular weight is 242 g/mol. The molecule has 2 rings (SSSR count). The van der Waals surface area contributed by atoms with Gasteiger partial charge in [0, 0.05) is 6.04 Å². The molecule has 0 radical (unpaired) electrons. The van der Waals surface area contributed by atoms with Crippen LogP contribution < -0.4 is 10.5 Å². The van der Waals surface area contributed by atoms with Crippen LogP contribution in [0.1, 0.15) is 37.2 Å². The summed E-state index contributed by atoms with van der Waals surface area (Å²) in [5.41, 5.74) is 7.34. The van der Waals surface area contributed by atoms with E-state index in [2.05, 4.69) is 12.1 Å². The van der Waals surface area contributed by atoms with Crippen molar-refractivity contribution < 1.29 is 4.74 Å². The van der Waals surface area contributed by atoms with E-state index < -0.39 is 0 Å². The monoisotopic (exact) mass is 241 g/mol. The van der Waals surface area contributed by atoms with Gasteiger partial charge in [0.2, 0.25) is 0 Å². The van der Waals surface area contributed by atoms with E-state index in [4.69, 9.17) is 10.5 Å². The van der Waals surface area contributed by atoms with Gasteiger partial charge in [0.1, 0.15) is 5.75 Å². The Hall–Kier alpha value is -0.730. The minimum absolute atomic E-state index is 0. The van der Waals surface area contributed by atoms with Gasteiger partial charge in [0.15, 0.2) is 0 Å². The predicted molar refractivity (Wildman–Crippen MR) is 69.4 cm³/mol. The molecule has 2 nitrogen and oxygen atoms in total. The molecule has 0 amide bonds. The van der Waals surface area contributed by atoms with Gasteiger partial charge in [-0.15, -0.1) is 12.4 Å². The SMILES string of the molecule is COc1ccccc1[C@@H]1CCC[C@@H](N)C1.Cl. The van der Waals surface area contributed by atoms with Crippen molar-refractivity contribution in [3.8, 4) is 5.75 Å². The van der Waals surface area contributed by atoms with Gasteiger partial charge >= 0.3 is 0 Å². The minimum atomic E-state index is 0. The van der Waals surface area contributed by atoms with Crippen molar-refractivity contribution in [1.29, 1.82) is 0 Å². The summed E-state index contributed by atoms with van der Waals surface area (Å²) in [4.78, 5) is 0. The lowest BCUT2D eigenvalue weighted by molar-refractivity contribution is 0.367. The summed E-state index contributed by atoms with van der Waals surface area (Å²) in [7, 11) is 1.74. The van der Waals surface area contributed by atoms with Crippen molar-refractivity contribution in [2.24, 2.45) is 5.73 Å². The highest BCUT2D eigenvalue weighted by Crippen LogP contribution is 2.36. The minimum Gasteiger partial charge on any atom is -0.496 e. The Kier molecular flexibility index (Phi) is 5.10. The number of para-hydroxylation sites is 1. The zero-order valence-corrected chi connectivity index (χ0v) is 10.5. The normalized spacial score (nSPS) is 24.6. The van der Waals surface area contributed by atoms with E-state index in [0.717, 1.165) is 12.2 Å². The molecule has 2 N–H and O–H groups in total. The number of hydrogen-bond acceptors (Lipinski definition) is 2. The largest absolute Gasteiger partial charge is 0.496 e. The van der Waals surface area contributed by atoms with Gasteiger partial charge in [-0.2, -0.15) is 0 Å². The van der Waals surface area contributed by atoms with E-state index in [1.807, 2.05) is 12.1 Å². The fourth-order valence-corrected chi connectivity index (χ4v) is 2.51. The Morgan fingerprint density at radius 1 is 1.25 bits per heavy atom. The van der Waals surface area contributed by atoms with Crippen LogP contribution in [0.3, 0.4) is 0 Å². The van der Waals surface area contributed by atoms with Crippen LogP contribution in [0.5, 0.6) is 5.75 Å². The number of ether oxygens (including phenoxy) is 1. The third-order valence-corrected chi connectivity index (χ3v) is 3.29. The van der Waals surface area contributed by atoms with Gasteiger partial charge < -0.3 is 10.5 Å². The van der Waals surface area contributed by atoms with Crippen molar-refractivity contribution >= 4 is 12.4 Å². The summed E-state index contributed by atoms with van der Waals surface area (Å²) in [6, 6.07) is 8.67. The molecule has 0 bridgehead atoms. The highest BCUT2D eigenvalue weighted by molar-refractivity contribution is 5.85. The quantitative estimate of drug-likeness (QED) is 0.864. The summed E-state index contributed by atoms with van der Waals surface area (Å²) in [5.74, 6) is 1.60. The average Bonchev–Trinajstić information content (AvgIpc) is 2.29. The molecule has 0 heterocycles. The molecule has 2 atom stereocenters. The predicted octanol–water partition coefficient (Wildman–Crippen LogP) is 3.10. The van der Waals surface area contributed by atoms with E-state index in [0.29, 0.717) is 12.0 Å². The molecule has 90 valence electrons. The lowest BCUT2D eigenvalue weighted by atomic mass is 9.81. The van der Waals surface area contributed by atoms with Gasteiger partial charge in [-0.3, -0.25) is 0 Å². The molecule has 1 fully saturated rings. The molecule has 0 aromatic heterocycles. The lowest BCUT2D eigenvalue weighted by Gasteiger charge is -2.27. The maximum Gasteiger partial charge on any atom is 0.122 e. The molecule has 3 heteroatoms. The topological polar surface area (TPSA) is 35.2 Å². The Bertz CT molecular complexity index is 329. The summed E-state index contributed by atoms with van der Waals surface area (Å²) in [6.45, 7) is 0. The van der Waals surface area contributed by atoms with Crippen LogP contribution in [-0.4, -0.2) is 13.2 Å². The molecular formula is C13H20ClNO. The Morgan fingerprint density at radius 2 is 2.00 bits per heavy atom. The van der Waals surface area contributed by atoms with Crippen molar-refractivity contribution in [3.05, 3.63) is 29.8 Å². The number of methoxy groups -OCH3 is 1. The third-order valence-electron chi connectivity index (χ3n) is 3.29. The van der Waals surface area contributed by atoms with Crippen molar-refractivity contribution in [3.63, 3.8) is 0 Å².